The van der Waals surface area contributed by atoms with Crippen LogP contribution >= 0.6 is 0 Å². The van der Waals surface area contributed by atoms with Crippen molar-refractivity contribution < 1.29 is 19.4 Å². The number of nitrogens with one attached hydrogen (secondary N) is 1. The lowest BCUT2D eigenvalue weighted by Crippen LogP contribution is -2.49. The van der Waals surface area contributed by atoms with E-state index in [1.54, 1.807) is 6.92 Å². The van der Waals surface area contributed by atoms with Gasteiger partial charge in [-0.2, -0.15) is 0 Å². The molecule has 1 aliphatic rings. The fourth-order valence-corrected chi connectivity index (χ4v) is 2.86. The number of aliphatic carboxylic acids is 1. The van der Waals surface area contributed by atoms with Gasteiger partial charge in [-0.1, -0.05) is 24.3 Å². The van der Waals surface area contributed by atoms with Gasteiger partial charge in [-0.3, -0.25) is 14.9 Å². The van der Waals surface area contributed by atoms with E-state index in [4.69, 9.17) is 9.84 Å². The molecule has 5 heteroatoms. The third-order valence-electron chi connectivity index (χ3n) is 3.92. The van der Waals surface area contributed by atoms with Crippen molar-refractivity contribution in [1.29, 1.82) is 0 Å². The predicted octanol–water partition coefficient (Wildman–Crippen LogP) is 1.71. The SMILES string of the molecule is CCOC(=O)[C@@H](N[C@@H](C)C(=O)O)C1CCc2ccccc21. The van der Waals surface area contributed by atoms with Gasteiger partial charge < -0.3 is 9.84 Å². The topological polar surface area (TPSA) is 75.6 Å². The van der Waals surface area contributed by atoms with Crippen LogP contribution in [0.2, 0.25) is 0 Å². The van der Waals surface area contributed by atoms with Crippen LogP contribution in [0.4, 0.5) is 0 Å². The molecule has 0 saturated heterocycles. The van der Waals surface area contributed by atoms with Gasteiger partial charge in [0, 0.05) is 5.92 Å². The van der Waals surface area contributed by atoms with Crippen molar-refractivity contribution >= 4 is 11.9 Å². The van der Waals surface area contributed by atoms with E-state index in [0.717, 1.165) is 18.4 Å². The lowest BCUT2D eigenvalue weighted by molar-refractivity contribution is -0.147. The molecular formula is C16H21NO4. The first kappa shape index (κ1) is 15.5. The van der Waals surface area contributed by atoms with Crippen LogP contribution < -0.4 is 5.32 Å². The number of carboxylic acids is 1. The minimum Gasteiger partial charge on any atom is -0.480 e. The second kappa shape index (κ2) is 6.72. The average Bonchev–Trinajstić information content (AvgIpc) is 2.88. The van der Waals surface area contributed by atoms with E-state index in [-0.39, 0.29) is 18.5 Å². The molecule has 0 spiro atoms. The molecule has 0 aliphatic heterocycles. The van der Waals surface area contributed by atoms with Crippen molar-refractivity contribution in [2.24, 2.45) is 0 Å². The van der Waals surface area contributed by atoms with Gasteiger partial charge in [0.15, 0.2) is 0 Å². The molecule has 2 rings (SSSR count). The maximum absolute atomic E-state index is 12.2. The highest BCUT2D eigenvalue weighted by atomic mass is 16.5. The smallest absolute Gasteiger partial charge is 0.323 e. The van der Waals surface area contributed by atoms with Gasteiger partial charge in [0.2, 0.25) is 0 Å². The Morgan fingerprint density at radius 3 is 2.81 bits per heavy atom. The van der Waals surface area contributed by atoms with Gasteiger partial charge in [0.25, 0.3) is 0 Å². The molecular weight excluding hydrogens is 270 g/mol. The molecule has 0 amide bonds. The number of fused-ring (bicyclic) bond motifs is 1. The zero-order valence-corrected chi connectivity index (χ0v) is 12.3. The largest absolute Gasteiger partial charge is 0.480 e. The fraction of sp³-hybridized carbons (Fsp3) is 0.500. The number of hydrogen-bond donors (Lipinski definition) is 2. The molecule has 0 heterocycles. The zero-order chi connectivity index (χ0) is 15.4. The Bertz CT molecular complexity index is 529. The first-order valence-electron chi connectivity index (χ1n) is 7.27. The quantitative estimate of drug-likeness (QED) is 0.780. The molecule has 3 atom stereocenters. The van der Waals surface area contributed by atoms with Gasteiger partial charge in [-0.25, -0.2) is 0 Å². The summed E-state index contributed by atoms with van der Waals surface area (Å²) in [5.74, 6) is -1.40. The van der Waals surface area contributed by atoms with Crippen molar-refractivity contribution in [2.45, 2.75) is 44.7 Å². The molecule has 0 aromatic heterocycles. The lowest BCUT2D eigenvalue weighted by Gasteiger charge is -2.25. The maximum atomic E-state index is 12.2. The van der Waals surface area contributed by atoms with E-state index in [9.17, 15) is 9.59 Å². The summed E-state index contributed by atoms with van der Waals surface area (Å²) in [4.78, 5) is 23.3. The van der Waals surface area contributed by atoms with E-state index in [1.165, 1.54) is 12.5 Å². The standard InChI is InChI=1S/C16H21NO4/c1-3-21-16(20)14(17-10(2)15(18)19)13-9-8-11-6-4-5-7-12(11)13/h4-7,10,13-14,17H,3,8-9H2,1-2H3,(H,18,19)/t10-,13?,14-/m0/s1. The molecule has 0 radical (unpaired) electrons. The Kier molecular flexibility index (Phi) is 4.96. The Balaban J connectivity index is 2.24. The van der Waals surface area contributed by atoms with Gasteiger partial charge >= 0.3 is 11.9 Å². The van der Waals surface area contributed by atoms with E-state index in [2.05, 4.69) is 11.4 Å². The molecule has 1 aliphatic carbocycles. The van der Waals surface area contributed by atoms with Crippen LogP contribution in [0, 0.1) is 0 Å². The number of esters is 1. The molecule has 2 N–H and O–H groups in total. The molecule has 1 aromatic rings. The van der Waals surface area contributed by atoms with Gasteiger partial charge in [-0.05, 0) is 37.8 Å². The minimum atomic E-state index is -0.976. The zero-order valence-electron chi connectivity index (χ0n) is 12.3. The lowest BCUT2D eigenvalue weighted by atomic mass is 9.92. The highest BCUT2D eigenvalue weighted by molar-refractivity contribution is 5.80. The monoisotopic (exact) mass is 291 g/mol. The summed E-state index contributed by atoms with van der Waals surface area (Å²) in [6.07, 6.45) is 1.72. The summed E-state index contributed by atoms with van der Waals surface area (Å²) in [5.41, 5.74) is 2.34. The molecule has 1 aromatic carbocycles. The number of aryl methyl sites for hydroxylation is 1. The first-order valence-corrected chi connectivity index (χ1v) is 7.27. The number of ether oxygens (including phenoxy) is 1. The molecule has 1 unspecified atom stereocenters. The van der Waals surface area contributed by atoms with Crippen LogP contribution in [-0.4, -0.2) is 35.7 Å². The van der Waals surface area contributed by atoms with Crippen LogP contribution in [0.3, 0.4) is 0 Å². The van der Waals surface area contributed by atoms with E-state index >= 15 is 0 Å². The summed E-state index contributed by atoms with van der Waals surface area (Å²) in [6, 6.07) is 6.56. The van der Waals surface area contributed by atoms with Crippen molar-refractivity contribution in [3.05, 3.63) is 35.4 Å². The maximum Gasteiger partial charge on any atom is 0.323 e. The average molecular weight is 291 g/mol. The second-order valence-electron chi connectivity index (χ2n) is 5.30. The molecule has 114 valence electrons. The molecule has 0 fully saturated rings. The molecule has 0 saturated carbocycles. The van der Waals surface area contributed by atoms with Crippen molar-refractivity contribution in [3.8, 4) is 0 Å². The normalized spacial score (nSPS) is 19.6. The Morgan fingerprint density at radius 1 is 1.43 bits per heavy atom. The van der Waals surface area contributed by atoms with Crippen LogP contribution in [-0.2, 0) is 20.7 Å². The van der Waals surface area contributed by atoms with Gasteiger partial charge in [0.1, 0.15) is 12.1 Å². The number of rotatable bonds is 6. The van der Waals surface area contributed by atoms with E-state index in [1.807, 2.05) is 18.2 Å². The fourth-order valence-electron chi connectivity index (χ4n) is 2.86. The van der Waals surface area contributed by atoms with Crippen molar-refractivity contribution in [2.75, 3.05) is 6.61 Å². The highest BCUT2D eigenvalue weighted by Crippen LogP contribution is 2.35. The second-order valence-corrected chi connectivity index (χ2v) is 5.30. The molecule has 0 bridgehead atoms. The highest BCUT2D eigenvalue weighted by Gasteiger charge is 2.36. The number of carboxylic acid groups (broad SMARTS) is 1. The first-order chi connectivity index (χ1) is 10.0. The number of carbonyl (C=O) groups is 2. The van der Waals surface area contributed by atoms with E-state index in [0.29, 0.717) is 0 Å². The molecule has 21 heavy (non-hydrogen) atoms. The predicted molar refractivity (Wildman–Crippen MR) is 78.2 cm³/mol. The van der Waals surface area contributed by atoms with Crippen LogP contribution in [0.5, 0.6) is 0 Å². The third kappa shape index (κ3) is 3.42. The van der Waals surface area contributed by atoms with Crippen LogP contribution in [0.15, 0.2) is 24.3 Å². The minimum absolute atomic E-state index is 0.0398. The Morgan fingerprint density at radius 2 is 2.14 bits per heavy atom. The summed E-state index contributed by atoms with van der Waals surface area (Å²) in [6.45, 7) is 3.57. The Hall–Kier alpha value is -1.88. The number of hydrogen-bond acceptors (Lipinski definition) is 4. The number of carbonyl (C=O) groups excluding carboxylic acids is 1. The summed E-state index contributed by atoms with van der Waals surface area (Å²) in [5, 5.41) is 12.0. The van der Waals surface area contributed by atoms with Crippen molar-refractivity contribution in [3.63, 3.8) is 0 Å². The van der Waals surface area contributed by atoms with Crippen LogP contribution in [0.1, 0.15) is 37.3 Å². The van der Waals surface area contributed by atoms with Crippen molar-refractivity contribution in [1.82, 2.24) is 5.32 Å². The summed E-state index contributed by atoms with van der Waals surface area (Å²) >= 11 is 0. The Labute approximate surface area is 124 Å². The summed E-state index contributed by atoms with van der Waals surface area (Å²) < 4.78 is 5.12. The molecule has 5 nitrogen and oxygen atoms in total. The third-order valence-corrected chi connectivity index (χ3v) is 3.92. The van der Waals surface area contributed by atoms with E-state index < -0.39 is 18.1 Å². The van der Waals surface area contributed by atoms with Crippen LogP contribution in [0.25, 0.3) is 0 Å². The number of benzene rings is 1. The van der Waals surface area contributed by atoms with Gasteiger partial charge in [-0.15, -0.1) is 0 Å². The van der Waals surface area contributed by atoms with Gasteiger partial charge in [0.05, 0.1) is 6.61 Å². The summed E-state index contributed by atoms with van der Waals surface area (Å²) in [7, 11) is 0.